The zero-order valence-corrected chi connectivity index (χ0v) is 10.9. The summed E-state index contributed by atoms with van der Waals surface area (Å²) in [5, 5.41) is 0. The van der Waals surface area contributed by atoms with Gasteiger partial charge in [0.2, 0.25) is 0 Å². The van der Waals surface area contributed by atoms with Crippen molar-refractivity contribution in [1.82, 2.24) is 4.90 Å². The summed E-state index contributed by atoms with van der Waals surface area (Å²) in [6.07, 6.45) is 1.47. The number of likely N-dealkylation sites (tertiary alicyclic amines) is 1. The third-order valence-corrected chi connectivity index (χ3v) is 2.97. The Morgan fingerprint density at radius 2 is 1.84 bits per heavy atom. The zero-order valence-electron chi connectivity index (χ0n) is 10.0. The molecule has 2 N–H and O–H groups in total. The molecule has 1 aromatic rings. The second-order valence-corrected chi connectivity index (χ2v) is 4.40. The summed E-state index contributed by atoms with van der Waals surface area (Å²) < 4.78 is 39.7. The van der Waals surface area contributed by atoms with Gasteiger partial charge < -0.3 is 10.6 Å². The molecule has 7 heteroatoms. The zero-order chi connectivity index (χ0) is 13.3. The van der Waals surface area contributed by atoms with E-state index in [9.17, 15) is 18.0 Å². The molecule has 1 aromatic carbocycles. The number of hydrogen-bond acceptors (Lipinski definition) is 2. The van der Waals surface area contributed by atoms with Crippen LogP contribution in [0, 0.1) is 17.5 Å². The second-order valence-electron chi connectivity index (χ2n) is 4.40. The maximum Gasteiger partial charge on any atom is 0.259 e. The third-order valence-electron chi connectivity index (χ3n) is 2.97. The van der Waals surface area contributed by atoms with E-state index in [0.717, 1.165) is 6.42 Å². The molecule has 1 aliphatic heterocycles. The first-order chi connectivity index (χ1) is 8.49. The van der Waals surface area contributed by atoms with Gasteiger partial charge in [0.15, 0.2) is 0 Å². The highest BCUT2D eigenvalue weighted by Crippen LogP contribution is 2.19. The van der Waals surface area contributed by atoms with Gasteiger partial charge in [-0.25, -0.2) is 13.2 Å². The van der Waals surface area contributed by atoms with Crippen molar-refractivity contribution >= 4 is 18.3 Å². The van der Waals surface area contributed by atoms with Gasteiger partial charge in [0.1, 0.15) is 23.0 Å². The fourth-order valence-electron chi connectivity index (χ4n) is 2.10. The average Bonchev–Trinajstić information content (AvgIpc) is 2.27. The van der Waals surface area contributed by atoms with E-state index in [4.69, 9.17) is 5.73 Å². The van der Waals surface area contributed by atoms with Crippen LogP contribution >= 0.6 is 12.4 Å². The van der Waals surface area contributed by atoms with E-state index in [1.807, 2.05) is 0 Å². The Kier molecular flexibility index (Phi) is 5.20. The Bertz CT molecular complexity index is 461. The maximum absolute atomic E-state index is 13.5. The van der Waals surface area contributed by atoms with Gasteiger partial charge in [-0.3, -0.25) is 4.79 Å². The molecule has 1 amide bonds. The first-order valence-electron chi connectivity index (χ1n) is 5.68. The molecule has 0 aromatic heterocycles. The highest BCUT2D eigenvalue weighted by atomic mass is 35.5. The Hall–Kier alpha value is -1.27. The number of carbonyl (C=O) groups is 1. The normalized spacial score (nSPS) is 18.9. The maximum atomic E-state index is 13.5. The topological polar surface area (TPSA) is 46.3 Å². The Balaban J connectivity index is 0.00000180. The summed E-state index contributed by atoms with van der Waals surface area (Å²) in [5.74, 6) is -4.19. The largest absolute Gasteiger partial charge is 0.337 e. The lowest BCUT2D eigenvalue weighted by atomic mass is 10.0. The molecule has 0 radical (unpaired) electrons. The van der Waals surface area contributed by atoms with Crippen LogP contribution in [0.15, 0.2) is 12.1 Å². The summed E-state index contributed by atoms with van der Waals surface area (Å²) in [6, 6.07) is 0.815. The molecular weight excluding hydrogens is 281 g/mol. The summed E-state index contributed by atoms with van der Waals surface area (Å²) >= 11 is 0. The van der Waals surface area contributed by atoms with Crippen LogP contribution in [-0.4, -0.2) is 29.9 Å². The number of benzene rings is 1. The van der Waals surface area contributed by atoms with Crippen LogP contribution < -0.4 is 5.73 Å². The van der Waals surface area contributed by atoms with Crippen molar-refractivity contribution in [3.8, 4) is 0 Å². The lowest BCUT2D eigenvalue weighted by Gasteiger charge is -2.30. The molecule has 0 bridgehead atoms. The molecule has 0 saturated carbocycles. The SMILES string of the molecule is Cl.N[C@@H]1CCCN(C(=O)c2c(F)cc(F)cc2F)C1. The number of amides is 1. The van der Waals surface area contributed by atoms with Crippen LogP contribution in [0.1, 0.15) is 23.2 Å². The summed E-state index contributed by atoms with van der Waals surface area (Å²) in [4.78, 5) is 13.3. The molecule has 1 atom stereocenters. The number of hydrogen-bond donors (Lipinski definition) is 1. The average molecular weight is 295 g/mol. The standard InChI is InChI=1S/C12H13F3N2O.ClH/c13-7-4-9(14)11(10(15)5-7)12(18)17-3-1-2-8(16)6-17;/h4-5,8H,1-3,6,16H2;1H/t8-;/m1./s1. The smallest absolute Gasteiger partial charge is 0.259 e. The van der Waals surface area contributed by atoms with Crippen molar-refractivity contribution in [3.63, 3.8) is 0 Å². The molecule has 1 fully saturated rings. The van der Waals surface area contributed by atoms with Crippen molar-refractivity contribution in [2.75, 3.05) is 13.1 Å². The minimum Gasteiger partial charge on any atom is -0.337 e. The molecule has 1 saturated heterocycles. The number of nitrogens with zero attached hydrogens (tertiary/aromatic N) is 1. The lowest BCUT2D eigenvalue weighted by Crippen LogP contribution is -2.46. The van der Waals surface area contributed by atoms with Crippen molar-refractivity contribution in [3.05, 3.63) is 35.1 Å². The Labute approximate surface area is 115 Å². The van der Waals surface area contributed by atoms with E-state index in [2.05, 4.69) is 0 Å². The van der Waals surface area contributed by atoms with Gasteiger partial charge in [-0.05, 0) is 12.8 Å². The van der Waals surface area contributed by atoms with E-state index in [1.165, 1.54) is 4.90 Å². The van der Waals surface area contributed by atoms with Crippen molar-refractivity contribution in [2.24, 2.45) is 5.73 Å². The molecule has 0 aliphatic carbocycles. The van der Waals surface area contributed by atoms with Gasteiger partial charge in [0.05, 0.1) is 0 Å². The highest BCUT2D eigenvalue weighted by molar-refractivity contribution is 5.94. The third kappa shape index (κ3) is 3.39. The molecule has 2 rings (SSSR count). The van der Waals surface area contributed by atoms with Crippen LogP contribution in [0.4, 0.5) is 13.2 Å². The molecule has 106 valence electrons. The minimum absolute atomic E-state index is 0. The quantitative estimate of drug-likeness (QED) is 0.862. The lowest BCUT2D eigenvalue weighted by molar-refractivity contribution is 0.0698. The fourth-order valence-corrected chi connectivity index (χ4v) is 2.10. The Morgan fingerprint density at radius 3 is 2.37 bits per heavy atom. The van der Waals surface area contributed by atoms with Crippen LogP contribution in [0.25, 0.3) is 0 Å². The van der Waals surface area contributed by atoms with Gasteiger partial charge in [0, 0.05) is 31.3 Å². The molecule has 3 nitrogen and oxygen atoms in total. The van der Waals surface area contributed by atoms with Crippen LogP contribution in [0.2, 0.25) is 0 Å². The summed E-state index contributed by atoms with van der Waals surface area (Å²) in [5.41, 5.74) is 4.98. The van der Waals surface area contributed by atoms with E-state index in [0.29, 0.717) is 25.1 Å². The summed E-state index contributed by atoms with van der Waals surface area (Å²) in [7, 11) is 0. The van der Waals surface area contributed by atoms with E-state index < -0.39 is 28.9 Å². The van der Waals surface area contributed by atoms with Crippen LogP contribution in [0.5, 0.6) is 0 Å². The van der Waals surface area contributed by atoms with Crippen LogP contribution in [0.3, 0.4) is 0 Å². The molecule has 1 aliphatic rings. The molecule has 0 unspecified atom stereocenters. The monoisotopic (exact) mass is 294 g/mol. The highest BCUT2D eigenvalue weighted by Gasteiger charge is 2.27. The predicted octanol–water partition coefficient (Wildman–Crippen LogP) is 2.09. The molecule has 1 heterocycles. The van der Waals surface area contributed by atoms with Crippen molar-refractivity contribution in [1.29, 1.82) is 0 Å². The minimum atomic E-state index is -1.18. The first kappa shape index (κ1) is 15.8. The van der Waals surface area contributed by atoms with Crippen molar-refractivity contribution < 1.29 is 18.0 Å². The van der Waals surface area contributed by atoms with Gasteiger partial charge in [0.25, 0.3) is 5.91 Å². The molecule has 0 spiro atoms. The van der Waals surface area contributed by atoms with Crippen LogP contribution in [-0.2, 0) is 0 Å². The number of carbonyl (C=O) groups excluding carboxylic acids is 1. The van der Waals surface area contributed by atoms with Gasteiger partial charge >= 0.3 is 0 Å². The number of halogens is 4. The van der Waals surface area contributed by atoms with Gasteiger partial charge in [-0.2, -0.15) is 0 Å². The number of piperidine rings is 1. The van der Waals surface area contributed by atoms with E-state index >= 15 is 0 Å². The Morgan fingerprint density at radius 1 is 1.26 bits per heavy atom. The fraction of sp³-hybridized carbons (Fsp3) is 0.417. The number of nitrogens with two attached hydrogens (primary N) is 1. The molecular formula is C12H14ClF3N2O. The summed E-state index contributed by atoms with van der Waals surface area (Å²) in [6.45, 7) is 0.665. The second kappa shape index (κ2) is 6.25. The van der Waals surface area contributed by atoms with E-state index in [-0.39, 0.29) is 25.0 Å². The van der Waals surface area contributed by atoms with Crippen molar-refractivity contribution in [2.45, 2.75) is 18.9 Å². The first-order valence-corrected chi connectivity index (χ1v) is 5.68. The predicted molar refractivity (Wildman–Crippen MR) is 66.7 cm³/mol. The number of rotatable bonds is 1. The van der Waals surface area contributed by atoms with E-state index in [1.54, 1.807) is 0 Å². The van der Waals surface area contributed by atoms with Gasteiger partial charge in [-0.15, -0.1) is 12.4 Å². The molecule has 19 heavy (non-hydrogen) atoms. The van der Waals surface area contributed by atoms with Gasteiger partial charge in [-0.1, -0.05) is 0 Å².